The molecule has 1 aromatic heterocycles. The summed E-state index contributed by atoms with van der Waals surface area (Å²) in [4.78, 5) is 15.7. The Labute approximate surface area is 106 Å². The molecule has 1 amide bonds. The summed E-state index contributed by atoms with van der Waals surface area (Å²) in [5.41, 5.74) is 0. The molecule has 1 aliphatic heterocycles. The number of hydrogen-bond acceptors (Lipinski definition) is 5. The van der Waals surface area contributed by atoms with Crippen LogP contribution in [0.2, 0.25) is 0 Å². The van der Waals surface area contributed by atoms with Gasteiger partial charge >= 0.3 is 0 Å². The zero-order valence-electron chi connectivity index (χ0n) is 9.73. The summed E-state index contributed by atoms with van der Waals surface area (Å²) in [7, 11) is 0. The van der Waals surface area contributed by atoms with Gasteiger partial charge in [0.2, 0.25) is 11.8 Å². The highest BCUT2D eigenvalue weighted by Gasteiger charge is 2.20. The Morgan fingerprint density at radius 2 is 2.41 bits per heavy atom. The summed E-state index contributed by atoms with van der Waals surface area (Å²) in [5.74, 6) is 1.05. The van der Waals surface area contributed by atoms with Crippen LogP contribution in [0.15, 0.2) is 4.52 Å². The Morgan fingerprint density at radius 3 is 3.00 bits per heavy atom. The molecule has 0 saturated carbocycles. The molecule has 0 radical (unpaired) electrons. The van der Waals surface area contributed by atoms with Crippen molar-refractivity contribution in [2.45, 2.75) is 38.8 Å². The van der Waals surface area contributed by atoms with E-state index in [-0.39, 0.29) is 24.4 Å². The van der Waals surface area contributed by atoms with E-state index in [0.29, 0.717) is 18.3 Å². The Morgan fingerprint density at radius 1 is 1.59 bits per heavy atom. The predicted octanol–water partition coefficient (Wildman–Crippen LogP) is 0.558. The minimum absolute atomic E-state index is 0. The van der Waals surface area contributed by atoms with E-state index in [9.17, 15) is 4.79 Å². The molecule has 0 aromatic carbocycles. The SMILES string of the molecule is Cc1nc(CNC(=O)C2CCCCN2)no1.Cl. The molecule has 2 heterocycles. The van der Waals surface area contributed by atoms with Crippen LogP contribution in [-0.4, -0.2) is 28.6 Å². The third kappa shape index (κ3) is 3.98. The smallest absolute Gasteiger partial charge is 0.237 e. The van der Waals surface area contributed by atoms with Crippen molar-refractivity contribution >= 4 is 18.3 Å². The molecular weight excluding hydrogens is 244 g/mol. The van der Waals surface area contributed by atoms with Crippen molar-refractivity contribution in [3.63, 3.8) is 0 Å². The molecule has 1 atom stereocenters. The van der Waals surface area contributed by atoms with Crippen molar-refractivity contribution in [3.8, 4) is 0 Å². The molecule has 2 N–H and O–H groups in total. The number of nitrogens with zero attached hydrogens (tertiary/aromatic N) is 2. The van der Waals surface area contributed by atoms with Crippen LogP contribution in [0.4, 0.5) is 0 Å². The second-order valence-electron chi connectivity index (χ2n) is 3.95. The van der Waals surface area contributed by atoms with Gasteiger partial charge in [-0.05, 0) is 19.4 Å². The fourth-order valence-electron chi connectivity index (χ4n) is 1.78. The van der Waals surface area contributed by atoms with Crippen molar-refractivity contribution in [3.05, 3.63) is 11.7 Å². The van der Waals surface area contributed by atoms with Crippen LogP contribution >= 0.6 is 12.4 Å². The normalized spacial score (nSPS) is 19.5. The first-order valence-corrected chi connectivity index (χ1v) is 5.56. The largest absolute Gasteiger partial charge is 0.347 e. The average molecular weight is 261 g/mol. The maximum absolute atomic E-state index is 11.7. The second-order valence-corrected chi connectivity index (χ2v) is 3.95. The number of hydrogen-bond donors (Lipinski definition) is 2. The van der Waals surface area contributed by atoms with E-state index in [4.69, 9.17) is 4.52 Å². The van der Waals surface area contributed by atoms with Crippen LogP contribution in [-0.2, 0) is 11.3 Å². The van der Waals surface area contributed by atoms with Crippen molar-refractivity contribution in [2.24, 2.45) is 0 Å². The van der Waals surface area contributed by atoms with Gasteiger partial charge in [-0.2, -0.15) is 4.98 Å². The van der Waals surface area contributed by atoms with Gasteiger partial charge in [0.25, 0.3) is 0 Å². The van der Waals surface area contributed by atoms with E-state index in [1.807, 2.05) is 0 Å². The third-order valence-electron chi connectivity index (χ3n) is 2.62. The summed E-state index contributed by atoms with van der Waals surface area (Å²) in [6, 6.07) is -0.0678. The van der Waals surface area contributed by atoms with E-state index in [0.717, 1.165) is 25.8 Å². The number of nitrogens with one attached hydrogen (secondary N) is 2. The van der Waals surface area contributed by atoms with E-state index in [2.05, 4.69) is 20.8 Å². The van der Waals surface area contributed by atoms with Gasteiger partial charge in [0.15, 0.2) is 5.82 Å². The first-order valence-electron chi connectivity index (χ1n) is 5.56. The highest BCUT2D eigenvalue weighted by molar-refractivity contribution is 5.85. The van der Waals surface area contributed by atoms with Crippen molar-refractivity contribution in [1.82, 2.24) is 20.8 Å². The number of carbonyl (C=O) groups is 1. The maximum Gasteiger partial charge on any atom is 0.237 e. The number of carbonyl (C=O) groups excluding carboxylic acids is 1. The molecule has 1 aromatic rings. The van der Waals surface area contributed by atoms with Gasteiger partial charge in [-0.1, -0.05) is 11.6 Å². The molecule has 0 bridgehead atoms. The van der Waals surface area contributed by atoms with Crippen molar-refractivity contribution in [2.75, 3.05) is 6.54 Å². The van der Waals surface area contributed by atoms with Crippen molar-refractivity contribution < 1.29 is 9.32 Å². The van der Waals surface area contributed by atoms with E-state index in [1.165, 1.54) is 0 Å². The minimum atomic E-state index is -0.0678. The molecule has 1 aliphatic rings. The summed E-state index contributed by atoms with van der Waals surface area (Å²) >= 11 is 0. The lowest BCUT2D eigenvalue weighted by Gasteiger charge is -2.22. The molecule has 96 valence electrons. The molecule has 1 unspecified atom stereocenters. The molecule has 2 rings (SSSR count). The van der Waals surface area contributed by atoms with Crippen LogP contribution in [0.25, 0.3) is 0 Å². The second kappa shape index (κ2) is 6.56. The highest BCUT2D eigenvalue weighted by atomic mass is 35.5. The molecular formula is C10H17ClN4O2. The number of piperidine rings is 1. The quantitative estimate of drug-likeness (QED) is 0.830. The third-order valence-corrected chi connectivity index (χ3v) is 2.62. The number of halogens is 1. The summed E-state index contributed by atoms with van der Waals surface area (Å²) in [6.07, 6.45) is 3.15. The summed E-state index contributed by atoms with van der Waals surface area (Å²) < 4.78 is 4.81. The molecule has 0 aliphatic carbocycles. The standard InChI is InChI=1S/C10H16N4O2.ClH/c1-7-13-9(14-16-7)6-12-10(15)8-4-2-3-5-11-8;/h8,11H,2-6H2,1H3,(H,12,15);1H. The molecule has 1 fully saturated rings. The van der Waals surface area contributed by atoms with Crippen LogP contribution in [0.5, 0.6) is 0 Å². The Hall–Kier alpha value is -1.14. The Balaban J connectivity index is 0.00000144. The highest BCUT2D eigenvalue weighted by Crippen LogP contribution is 2.06. The van der Waals surface area contributed by atoms with Gasteiger partial charge in [0, 0.05) is 6.92 Å². The maximum atomic E-state index is 11.7. The van der Waals surface area contributed by atoms with Gasteiger partial charge in [-0.25, -0.2) is 0 Å². The van der Waals surface area contributed by atoms with Gasteiger partial charge < -0.3 is 15.2 Å². The monoisotopic (exact) mass is 260 g/mol. The van der Waals surface area contributed by atoms with Crippen LogP contribution in [0, 0.1) is 6.92 Å². The van der Waals surface area contributed by atoms with Gasteiger partial charge in [-0.15, -0.1) is 12.4 Å². The average Bonchev–Trinajstić information content (AvgIpc) is 2.73. The lowest BCUT2D eigenvalue weighted by Crippen LogP contribution is -2.46. The Kier molecular flexibility index (Phi) is 5.37. The molecule has 17 heavy (non-hydrogen) atoms. The minimum Gasteiger partial charge on any atom is -0.347 e. The topological polar surface area (TPSA) is 80.0 Å². The fourth-order valence-corrected chi connectivity index (χ4v) is 1.78. The van der Waals surface area contributed by atoms with Gasteiger partial charge in [0.05, 0.1) is 12.6 Å². The van der Waals surface area contributed by atoms with Crippen LogP contribution < -0.4 is 10.6 Å². The van der Waals surface area contributed by atoms with Gasteiger partial charge in [-0.3, -0.25) is 4.79 Å². The van der Waals surface area contributed by atoms with E-state index >= 15 is 0 Å². The summed E-state index contributed by atoms with van der Waals surface area (Å²) in [5, 5.41) is 9.69. The molecule has 1 saturated heterocycles. The number of aromatic nitrogens is 2. The first kappa shape index (κ1) is 13.9. The Bertz CT molecular complexity index is 363. The lowest BCUT2D eigenvalue weighted by molar-refractivity contribution is -0.123. The fraction of sp³-hybridized carbons (Fsp3) is 0.700. The number of aryl methyl sites for hydroxylation is 1. The van der Waals surface area contributed by atoms with Gasteiger partial charge in [0.1, 0.15) is 0 Å². The van der Waals surface area contributed by atoms with Crippen LogP contribution in [0.1, 0.15) is 31.0 Å². The molecule has 6 nitrogen and oxygen atoms in total. The number of rotatable bonds is 3. The number of amides is 1. The van der Waals surface area contributed by atoms with Crippen molar-refractivity contribution in [1.29, 1.82) is 0 Å². The zero-order valence-corrected chi connectivity index (χ0v) is 10.5. The molecule has 0 spiro atoms. The molecule has 7 heteroatoms. The van der Waals surface area contributed by atoms with Crippen LogP contribution in [0.3, 0.4) is 0 Å². The van der Waals surface area contributed by atoms with E-state index in [1.54, 1.807) is 6.92 Å². The summed E-state index contributed by atoms with van der Waals surface area (Å²) in [6.45, 7) is 2.97. The van der Waals surface area contributed by atoms with E-state index < -0.39 is 0 Å². The first-order chi connectivity index (χ1) is 7.75. The zero-order chi connectivity index (χ0) is 11.4. The lowest BCUT2D eigenvalue weighted by atomic mass is 10.0. The predicted molar refractivity (Wildman–Crippen MR) is 63.8 cm³/mol.